The first-order valence-electron chi connectivity index (χ1n) is 17.0. The molecular weight excluding hydrogens is 814 g/mol. The van der Waals surface area contributed by atoms with Crippen LogP contribution in [0, 0.1) is 12.1 Å². The Kier molecular flexibility index (Phi) is 13.2. The van der Waals surface area contributed by atoms with E-state index in [0.29, 0.717) is 0 Å². The molecule has 0 N–H and O–H groups in total. The fourth-order valence-corrected chi connectivity index (χ4v) is 7.34. The summed E-state index contributed by atoms with van der Waals surface area (Å²) in [6.07, 6.45) is 11.0. The third-order valence-electron chi connectivity index (χ3n) is 9.13. The molecule has 0 saturated heterocycles. The molecule has 6 aromatic rings. The number of halogens is 2. The number of rotatable bonds is 2. The first-order valence-corrected chi connectivity index (χ1v) is 18.8. The average Bonchev–Trinajstić information content (AvgIpc) is 3.79. The zero-order valence-corrected chi connectivity index (χ0v) is 35.2. The predicted octanol–water partition coefficient (Wildman–Crippen LogP) is 12.9. The fourth-order valence-electron chi connectivity index (χ4n) is 6.22. The molecule has 0 fully saturated rings. The van der Waals surface area contributed by atoms with Crippen molar-refractivity contribution in [1.29, 1.82) is 0 Å². The van der Waals surface area contributed by atoms with Crippen molar-refractivity contribution in [2.75, 3.05) is 0 Å². The van der Waals surface area contributed by atoms with Crippen LogP contribution in [0.4, 0.5) is 0 Å². The summed E-state index contributed by atoms with van der Waals surface area (Å²) in [4.78, 5) is 0. The van der Waals surface area contributed by atoms with Crippen molar-refractivity contribution in [3.05, 3.63) is 179 Å². The van der Waals surface area contributed by atoms with E-state index < -0.39 is 0 Å². The summed E-state index contributed by atoms with van der Waals surface area (Å²) in [7, 11) is 0. The first kappa shape index (κ1) is 39.4. The molecule has 2 aliphatic carbocycles. The SMILES string of the molecule is CC(C)(C)c1[c-]c2c(cc1)-c1ccc(C(C)(C)C)cc1C2.Cl.Cl.[C-]1=CC=CC1.[Hf+2]=[C](c1ccc2ccccc2c1)c1ccc2ccccc2c1. The van der Waals surface area contributed by atoms with Crippen LogP contribution in [-0.4, -0.2) is 3.26 Å². The van der Waals surface area contributed by atoms with Crippen LogP contribution in [0.1, 0.15) is 81.3 Å². The Hall–Kier alpha value is -3.36. The summed E-state index contributed by atoms with van der Waals surface area (Å²) in [6.45, 7) is 13.6. The molecule has 3 heteroatoms. The molecular formula is C47H46Cl2Hf. The quantitative estimate of drug-likeness (QED) is 0.120. The molecule has 0 aromatic heterocycles. The molecule has 2 aliphatic rings. The van der Waals surface area contributed by atoms with Gasteiger partial charge in [-0.25, -0.2) is 12.2 Å². The first-order chi connectivity index (χ1) is 23.0. The number of benzene rings is 6. The van der Waals surface area contributed by atoms with E-state index in [0.717, 1.165) is 36.7 Å². The second-order valence-electron chi connectivity index (χ2n) is 14.8. The molecule has 252 valence electrons. The second kappa shape index (κ2) is 16.8. The van der Waals surface area contributed by atoms with Gasteiger partial charge in [-0.1, -0.05) is 65.3 Å². The van der Waals surface area contributed by atoms with Crippen LogP contribution in [0.15, 0.2) is 133 Å². The van der Waals surface area contributed by atoms with Crippen LogP contribution in [-0.2, 0) is 41.1 Å². The van der Waals surface area contributed by atoms with E-state index in [1.54, 1.807) is 0 Å². The van der Waals surface area contributed by atoms with Crippen LogP contribution in [0.2, 0.25) is 0 Å². The van der Waals surface area contributed by atoms with Gasteiger partial charge < -0.3 is 0 Å². The maximum atomic E-state index is 3.67. The maximum absolute atomic E-state index is 3.67. The number of allylic oxidation sites excluding steroid dienone is 4. The third-order valence-corrected chi connectivity index (χ3v) is 11.2. The van der Waals surface area contributed by atoms with Crippen molar-refractivity contribution in [1.82, 2.24) is 0 Å². The number of fused-ring (bicyclic) bond motifs is 5. The summed E-state index contributed by atoms with van der Waals surface area (Å²) in [6, 6.07) is 45.9. The van der Waals surface area contributed by atoms with Gasteiger partial charge in [0.2, 0.25) is 0 Å². The van der Waals surface area contributed by atoms with Crippen molar-refractivity contribution >= 4 is 49.6 Å². The van der Waals surface area contributed by atoms with Crippen LogP contribution in [0.3, 0.4) is 0 Å². The van der Waals surface area contributed by atoms with Gasteiger partial charge >= 0.3 is 145 Å². The molecule has 0 aliphatic heterocycles. The van der Waals surface area contributed by atoms with Crippen LogP contribution in [0.5, 0.6) is 0 Å². The van der Waals surface area contributed by atoms with E-state index in [1.807, 2.05) is 12.2 Å². The van der Waals surface area contributed by atoms with Crippen LogP contribution in [0.25, 0.3) is 32.7 Å². The van der Waals surface area contributed by atoms with Crippen molar-refractivity contribution in [2.24, 2.45) is 0 Å². The van der Waals surface area contributed by atoms with E-state index in [-0.39, 0.29) is 35.6 Å². The predicted molar refractivity (Wildman–Crippen MR) is 218 cm³/mol. The Morgan fingerprint density at radius 1 is 0.600 bits per heavy atom. The van der Waals surface area contributed by atoms with Gasteiger partial charge in [-0.3, -0.25) is 6.08 Å². The third kappa shape index (κ3) is 9.29. The van der Waals surface area contributed by atoms with E-state index in [1.165, 1.54) is 69.3 Å². The molecule has 8 rings (SSSR count). The monoisotopic (exact) mass is 860 g/mol. The van der Waals surface area contributed by atoms with Gasteiger partial charge in [0.25, 0.3) is 0 Å². The molecule has 0 heterocycles. The molecule has 0 atom stereocenters. The summed E-state index contributed by atoms with van der Waals surface area (Å²) in [5, 5.41) is 5.24. The van der Waals surface area contributed by atoms with Gasteiger partial charge in [-0.2, -0.15) is 29.8 Å². The van der Waals surface area contributed by atoms with E-state index in [9.17, 15) is 0 Å². The number of hydrogen-bond donors (Lipinski definition) is 0. The zero-order valence-electron chi connectivity index (χ0n) is 29.9. The van der Waals surface area contributed by atoms with Gasteiger partial charge in [0.05, 0.1) is 0 Å². The average molecular weight is 860 g/mol. The summed E-state index contributed by atoms with van der Waals surface area (Å²) >= 11 is 1.03. The second-order valence-corrected chi connectivity index (χ2v) is 16.6. The van der Waals surface area contributed by atoms with Crippen LogP contribution < -0.4 is 0 Å². The van der Waals surface area contributed by atoms with Crippen molar-refractivity contribution in [2.45, 2.75) is 65.2 Å². The Morgan fingerprint density at radius 2 is 1.16 bits per heavy atom. The zero-order chi connectivity index (χ0) is 33.9. The fraction of sp³-hybridized carbons (Fsp3) is 0.213. The van der Waals surface area contributed by atoms with Gasteiger partial charge in [-0.15, -0.1) is 42.4 Å². The number of hydrogen-bond acceptors (Lipinski definition) is 0. The Labute approximate surface area is 326 Å². The molecule has 50 heavy (non-hydrogen) atoms. The van der Waals surface area contributed by atoms with Crippen molar-refractivity contribution in [3.8, 4) is 11.1 Å². The minimum absolute atomic E-state index is 0. The van der Waals surface area contributed by atoms with E-state index >= 15 is 0 Å². The molecule has 0 unspecified atom stereocenters. The Balaban J connectivity index is 0.000000190. The summed E-state index contributed by atoms with van der Waals surface area (Å²) in [5.74, 6) is 0. The van der Waals surface area contributed by atoms with Crippen LogP contribution >= 0.6 is 24.8 Å². The molecule has 0 nitrogen and oxygen atoms in total. The molecule has 0 saturated carbocycles. The molecule has 6 aromatic carbocycles. The van der Waals surface area contributed by atoms with Gasteiger partial charge in [0, 0.05) is 0 Å². The topological polar surface area (TPSA) is 0 Å². The van der Waals surface area contributed by atoms with E-state index in [2.05, 4.69) is 175 Å². The van der Waals surface area contributed by atoms with Gasteiger partial charge in [0.15, 0.2) is 0 Å². The molecule has 0 amide bonds. The summed E-state index contributed by atoms with van der Waals surface area (Å²) < 4.78 is 1.46. The Bertz CT molecular complexity index is 2020. The standard InChI is InChI=1S/C21H14.C21H25.C5H5.2ClH.Hf/c1-3-7-20-14-16(9-11-18(20)5-1)13-17-10-12-19-6-2-4-8-21(19)15-17;1-20(2,3)16-7-9-18-14(12-16)11-15-13-17(21(4,5)6)8-10-19(15)18;1-2-4-5-3-1;;;/h1-12,14-15H;7-10,12H,11H2,1-6H3;1-3H,4H2;2*1H;/q;2*-1;;;+2. The van der Waals surface area contributed by atoms with Crippen molar-refractivity contribution in [3.63, 3.8) is 0 Å². The Morgan fingerprint density at radius 3 is 1.64 bits per heavy atom. The van der Waals surface area contributed by atoms with Gasteiger partial charge in [-0.05, 0) is 28.4 Å². The normalized spacial score (nSPS) is 12.5. The van der Waals surface area contributed by atoms with Gasteiger partial charge in [0.1, 0.15) is 0 Å². The van der Waals surface area contributed by atoms with E-state index in [4.69, 9.17) is 0 Å². The molecule has 0 spiro atoms. The van der Waals surface area contributed by atoms with Crippen molar-refractivity contribution < 1.29 is 23.9 Å². The molecule has 0 radical (unpaired) electrons. The molecule has 0 bridgehead atoms. The minimum atomic E-state index is 0. The summed E-state index contributed by atoms with van der Waals surface area (Å²) in [5.41, 5.74) is 11.4.